The summed E-state index contributed by atoms with van der Waals surface area (Å²) in [5.74, 6) is 0.311. The Kier molecular flexibility index (Phi) is 4.65. The van der Waals surface area contributed by atoms with Crippen molar-refractivity contribution in [3.8, 4) is 11.5 Å². The predicted molar refractivity (Wildman–Crippen MR) is 98.9 cm³/mol. The molecular formula is C20H17Cl2NO3. The van der Waals surface area contributed by atoms with Crippen LogP contribution >= 0.6 is 23.2 Å². The van der Waals surface area contributed by atoms with E-state index in [1.165, 1.54) is 23.8 Å². The van der Waals surface area contributed by atoms with E-state index in [1.54, 1.807) is 30.3 Å². The van der Waals surface area contributed by atoms with E-state index < -0.39 is 0 Å². The summed E-state index contributed by atoms with van der Waals surface area (Å²) in [6, 6.07) is 8.12. The molecule has 4 rings (SSSR count). The van der Waals surface area contributed by atoms with E-state index in [1.807, 2.05) is 0 Å². The lowest BCUT2D eigenvalue weighted by Crippen LogP contribution is -3.08. The van der Waals surface area contributed by atoms with Gasteiger partial charge in [0.15, 0.2) is 5.76 Å². The first kappa shape index (κ1) is 17.4. The number of fused-ring (bicyclic) bond motifs is 1. The van der Waals surface area contributed by atoms with E-state index >= 15 is 0 Å². The third-order valence-corrected chi connectivity index (χ3v) is 5.62. The minimum Gasteiger partial charge on any atom is -0.872 e. The average Bonchev–Trinajstić information content (AvgIpc) is 3.23. The first-order valence-corrected chi connectivity index (χ1v) is 9.34. The molecule has 2 aromatic rings. The maximum Gasteiger partial charge on any atom is 0.231 e. The molecule has 0 atom stereocenters. The van der Waals surface area contributed by atoms with Gasteiger partial charge in [0.25, 0.3) is 0 Å². The zero-order valence-corrected chi connectivity index (χ0v) is 15.5. The Balaban J connectivity index is 1.68. The van der Waals surface area contributed by atoms with Crippen molar-refractivity contribution in [3.63, 3.8) is 0 Å². The standard InChI is InChI=1S/C20H17Cl2NO3/c21-15-5-3-12(9-16(15)22)10-18-19(25)13-4-6-17(24)14(20(13)26-18)11-23-7-1-2-8-23/h3-6,9-10,24H,1-2,7-8,11H2/b18-10-. The van der Waals surface area contributed by atoms with Crippen LogP contribution in [0.3, 0.4) is 0 Å². The van der Waals surface area contributed by atoms with Crippen LogP contribution in [0, 0.1) is 0 Å². The molecule has 0 aliphatic carbocycles. The van der Waals surface area contributed by atoms with Crippen LogP contribution in [0.5, 0.6) is 11.5 Å². The minimum atomic E-state index is -0.219. The van der Waals surface area contributed by atoms with E-state index in [0.29, 0.717) is 39.0 Å². The highest BCUT2D eigenvalue weighted by Crippen LogP contribution is 2.38. The summed E-state index contributed by atoms with van der Waals surface area (Å²) in [6.45, 7) is 2.68. The number of quaternary nitrogens is 1. The topological polar surface area (TPSA) is 53.8 Å². The van der Waals surface area contributed by atoms with Crippen molar-refractivity contribution in [1.82, 2.24) is 0 Å². The van der Waals surface area contributed by atoms with Crippen molar-refractivity contribution >= 4 is 35.1 Å². The molecule has 0 saturated carbocycles. The van der Waals surface area contributed by atoms with Gasteiger partial charge in [0, 0.05) is 18.4 Å². The number of likely N-dealkylation sites (tertiary alicyclic amines) is 1. The van der Waals surface area contributed by atoms with E-state index in [4.69, 9.17) is 27.9 Å². The molecule has 0 radical (unpaired) electrons. The Morgan fingerprint density at radius 3 is 2.62 bits per heavy atom. The number of allylic oxidation sites excluding steroid dienone is 1. The molecule has 134 valence electrons. The molecule has 4 nitrogen and oxygen atoms in total. The van der Waals surface area contributed by atoms with Crippen LogP contribution in [0.2, 0.25) is 10.0 Å². The third-order valence-electron chi connectivity index (χ3n) is 4.88. The summed E-state index contributed by atoms with van der Waals surface area (Å²) in [6.07, 6.45) is 3.96. The quantitative estimate of drug-likeness (QED) is 0.821. The number of hydrogen-bond donors (Lipinski definition) is 1. The van der Waals surface area contributed by atoms with Crippen LogP contribution in [-0.4, -0.2) is 18.9 Å². The Bertz CT molecular complexity index is 918. The van der Waals surface area contributed by atoms with E-state index in [0.717, 1.165) is 13.1 Å². The molecule has 0 aromatic heterocycles. The van der Waals surface area contributed by atoms with Gasteiger partial charge in [-0.1, -0.05) is 41.1 Å². The van der Waals surface area contributed by atoms with Crippen molar-refractivity contribution in [2.45, 2.75) is 19.4 Å². The molecule has 0 amide bonds. The van der Waals surface area contributed by atoms with Gasteiger partial charge < -0.3 is 14.7 Å². The van der Waals surface area contributed by atoms with Gasteiger partial charge in [-0.25, -0.2) is 0 Å². The van der Waals surface area contributed by atoms with Crippen molar-refractivity contribution < 1.29 is 19.5 Å². The van der Waals surface area contributed by atoms with Crippen LogP contribution in [0.4, 0.5) is 0 Å². The van der Waals surface area contributed by atoms with Crippen molar-refractivity contribution in [2.75, 3.05) is 13.1 Å². The predicted octanol–water partition coefficient (Wildman–Crippen LogP) is 2.86. The first-order chi connectivity index (χ1) is 12.5. The number of nitrogens with one attached hydrogen (secondary N) is 1. The van der Waals surface area contributed by atoms with Crippen molar-refractivity contribution in [1.29, 1.82) is 0 Å². The fraction of sp³-hybridized carbons (Fsp3) is 0.250. The van der Waals surface area contributed by atoms with E-state index in [-0.39, 0.29) is 17.3 Å². The molecule has 2 aromatic carbocycles. The first-order valence-electron chi connectivity index (χ1n) is 8.58. The Morgan fingerprint density at radius 1 is 1.12 bits per heavy atom. The number of halogens is 2. The fourth-order valence-electron chi connectivity index (χ4n) is 3.51. The molecule has 1 saturated heterocycles. The highest BCUT2D eigenvalue weighted by atomic mass is 35.5. The lowest BCUT2D eigenvalue weighted by molar-refractivity contribution is -0.901. The maximum atomic E-state index is 12.7. The summed E-state index contributed by atoms with van der Waals surface area (Å²) < 4.78 is 5.84. The van der Waals surface area contributed by atoms with E-state index in [9.17, 15) is 9.90 Å². The smallest absolute Gasteiger partial charge is 0.231 e. The van der Waals surface area contributed by atoms with Crippen LogP contribution in [0.25, 0.3) is 6.08 Å². The number of ether oxygens (including phenoxy) is 1. The Hall–Kier alpha value is -2.01. The van der Waals surface area contributed by atoms with Gasteiger partial charge in [-0.3, -0.25) is 4.79 Å². The number of benzene rings is 2. The normalized spacial score (nSPS) is 18.4. The maximum absolute atomic E-state index is 12.7. The summed E-state index contributed by atoms with van der Waals surface area (Å²) in [5.41, 5.74) is 1.75. The van der Waals surface area contributed by atoms with Gasteiger partial charge in [-0.15, -0.1) is 0 Å². The lowest BCUT2D eigenvalue weighted by Gasteiger charge is -2.19. The van der Waals surface area contributed by atoms with Gasteiger partial charge in [-0.2, -0.15) is 0 Å². The molecule has 26 heavy (non-hydrogen) atoms. The number of Topliss-reactive ketones (excluding diaryl/α,β-unsaturated/α-hetero) is 1. The zero-order chi connectivity index (χ0) is 18.3. The van der Waals surface area contributed by atoms with Gasteiger partial charge in [-0.05, 0) is 29.8 Å². The van der Waals surface area contributed by atoms with Crippen molar-refractivity contribution in [3.05, 3.63) is 62.8 Å². The molecule has 0 bridgehead atoms. The fourth-order valence-corrected chi connectivity index (χ4v) is 3.82. The number of rotatable bonds is 3. The zero-order valence-electron chi connectivity index (χ0n) is 14.0. The monoisotopic (exact) mass is 389 g/mol. The van der Waals surface area contributed by atoms with Gasteiger partial charge in [0.05, 0.1) is 28.7 Å². The summed E-state index contributed by atoms with van der Waals surface area (Å²) in [4.78, 5) is 14.0. The second kappa shape index (κ2) is 6.95. The number of hydrogen-bond acceptors (Lipinski definition) is 3. The van der Waals surface area contributed by atoms with Gasteiger partial charge in [0.2, 0.25) is 5.78 Å². The Morgan fingerprint density at radius 2 is 1.88 bits per heavy atom. The molecule has 2 heterocycles. The average molecular weight is 390 g/mol. The lowest BCUT2D eigenvalue weighted by atomic mass is 10.0. The number of ketones is 1. The van der Waals surface area contributed by atoms with Crippen LogP contribution < -0.4 is 14.7 Å². The van der Waals surface area contributed by atoms with Crippen LogP contribution in [-0.2, 0) is 6.54 Å². The van der Waals surface area contributed by atoms with E-state index in [2.05, 4.69) is 0 Å². The molecule has 1 N–H and O–H groups in total. The second-order valence-electron chi connectivity index (χ2n) is 6.67. The SMILES string of the molecule is O=C1/C(=C/c2ccc(Cl)c(Cl)c2)Oc2c1ccc([O-])c2C[NH+]1CCCC1. The van der Waals surface area contributed by atoms with Crippen LogP contribution in [0.1, 0.15) is 34.3 Å². The molecule has 0 spiro atoms. The highest BCUT2D eigenvalue weighted by Gasteiger charge is 2.31. The van der Waals surface area contributed by atoms with Gasteiger partial charge in [0.1, 0.15) is 12.3 Å². The number of carbonyl (C=O) groups excluding carboxylic acids is 1. The molecule has 0 unspecified atom stereocenters. The summed E-state index contributed by atoms with van der Waals surface area (Å²) in [5, 5.41) is 13.2. The van der Waals surface area contributed by atoms with Gasteiger partial charge >= 0.3 is 0 Å². The third kappa shape index (κ3) is 3.20. The second-order valence-corrected chi connectivity index (χ2v) is 7.48. The minimum absolute atomic E-state index is 0.0771. The highest BCUT2D eigenvalue weighted by molar-refractivity contribution is 6.42. The summed E-state index contributed by atoms with van der Waals surface area (Å²) >= 11 is 12.0. The number of carbonyl (C=O) groups is 1. The Labute approximate surface area is 161 Å². The molecular weight excluding hydrogens is 373 g/mol. The molecule has 2 aliphatic rings. The molecule has 2 aliphatic heterocycles. The summed E-state index contributed by atoms with van der Waals surface area (Å²) in [7, 11) is 0. The van der Waals surface area contributed by atoms with Crippen LogP contribution in [0.15, 0.2) is 36.1 Å². The largest absolute Gasteiger partial charge is 0.872 e. The molecule has 6 heteroatoms. The molecule has 1 fully saturated rings. The van der Waals surface area contributed by atoms with Crippen molar-refractivity contribution in [2.24, 2.45) is 0 Å².